The van der Waals surface area contributed by atoms with E-state index in [1.54, 1.807) is 21.9 Å². The lowest BCUT2D eigenvalue weighted by Gasteiger charge is -2.34. The average Bonchev–Trinajstić information content (AvgIpc) is 3.18. The van der Waals surface area contributed by atoms with Crippen LogP contribution in [0.2, 0.25) is 0 Å². The molecule has 26 heavy (non-hydrogen) atoms. The van der Waals surface area contributed by atoms with Gasteiger partial charge in [0.25, 0.3) is 5.91 Å². The molecule has 2 aromatic rings. The van der Waals surface area contributed by atoms with Crippen molar-refractivity contribution in [1.82, 2.24) is 9.80 Å². The van der Waals surface area contributed by atoms with E-state index in [-0.39, 0.29) is 17.6 Å². The summed E-state index contributed by atoms with van der Waals surface area (Å²) >= 11 is 0. The van der Waals surface area contributed by atoms with Crippen LogP contribution in [-0.4, -0.2) is 57.8 Å². The van der Waals surface area contributed by atoms with Crippen molar-refractivity contribution < 1.29 is 18.2 Å². The van der Waals surface area contributed by atoms with E-state index in [0.29, 0.717) is 37.7 Å². The van der Waals surface area contributed by atoms with Crippen LogP contribution in [0.4, 0.5) is 0 Å². The molecule has 0 radical (unpaired) electrons. The van der Waals surface area contributed by atoms with Crippen LogP contribution in [0.15, 0.2) is 47.1 Å². The van der Waals surface area contributed by atoms with E-state index < -0.39 is 10.8 Å². The smallest absolute Gasteiger partial charge is 0.289 e. The molecule has 7 heteroatoms. The summed E-state index contributed by atoms with van der Waals surface area (Å²) in [5.41, 5.74) is 2.09. The number of carbonyl (C=O) groups is 2. The predicted octanol–water partition coefficient (Wildman–Crippen LogP) is 1.82. The van der Waals surface area contributed by atoms with Crippen molar-refractivity contribution in [3.8, 4) is 0 Å². The monoisotopic (exact) mass is 374 g/mol. The zero-order valence-corrected chi connectivity index (χ0v) is 15.5. The molecule has 3 rings (SSSR count). The molecule has 0 unspecified atom stereocenters. The molecule has 1 fully saturated rings. The van der Waals surface area contributed by atoms with E-state index in [2.05, 4.69) is 0 Å². The highest BCUT2D eigenvalue weighted by Crippen LogP contribution is 2.12. The van der Waals surface area contributed by atoms with E-state index in [0.717, 1.165) is 11.1 Å². The van der Waals surface area contributed by atoms with Crippen LogP contribution in [0, 0.1) is 6.92 Å². The zero-order valence-electron chi connectivity index (χ0n) is 14.7. The van der Waals surface area contributed by atoms with Gasteiger partial charge < -0.3 is 14.2 Å². The molecule has 1 atom stereocenters. The number of hydrogen-bond acceptors (Lipinski definition) is 4. The number of rotatable bonds is 5. The average molecular weight is 374 g/mol. The van der Waals surface area contributed by atoms with Crippen LogP contribution in [0.25, 0.3) is 0 Å². The minimum Gasteiger partial charge on any atom is -0.459 e. The number of furan rings is 1. The Morgan fingerprint density at radius 2 is 1.73 bits per heavy atom. The number of aryl methyl sites for hydroxylation is 1. The maximum Gasteiger partial charge on any atom is 0.289 e. The fourth-order valence-corrected chi connectivity index (χ4v) is 4.17. The number of amides is 2. The first kappa shape index (κ1) is 18.4. The van der Waals surface area contributed by atoms with E-state index >= 15 is 0 Å². The first-order chi connectivity index (χ1) is 12.5. The summed E-state index contributed by atoms with van der Waals surface area (Å²) in [6.45, 7) is 3.79. The maximum absolute atomic E-state index is 12.4. The number of benzene rings is 1. The van der Waals surface area contributed by atoms with Crippen molar-refractivity contribution in [2.45, 2.75) is 12.7 Å². The third-order valence-electron chi connectivity index (χ3n) is 4.51. The van der Waals surface area contributed by atoms with Crippen LogP contribution in [0.1, 0.15) is 21.7 Å². The van der Waals surface area contributed by atoms with Gasteiger partial charge >= 0.3 is 0 Å². The Morgan fingerprint density at radius 1 is 1.04 bits per heavy atom. The maximum atomic E-state index is 12.4. The largest absolute Gasteiger partial charge is 0.459 e. The van der Waals surface area contributed by atoms with Crippen molar-refractivity contribution in [2.75, 3.05) is 31.9 Å². The Bertz CT molecular complexity index is 796. The lowest BCUT2D eigenvalue weighted by Crippen LogP contribution is -2.51. The second kappa shape index (κ2) is 8.31. The standard InChI is InChI=1S/C19H22N2O4S/c1-15-5-2-3-6-16(15)13-26(24)14-18(22)20-8-10-21(11-9-20)19(23)17-7-4-12-25-17/h2-7,12H,8-11,13-14H2,1H3/t26-/m1/s1. The number of hydrogen-bond donors (Lipinski definition) is 0. The fourth-order valence-electron chi connectivity index (χ4n) is 2.94. The van der Waals surface area contributed by atoms with Crippen molar-refractivity contribution in [1.29, 1.82) is 0 Å². The molecule has 2 amide bonds. The van der Waals surface area contributed by atoms with Gasteiger partial charge in [-0.1, -0.05) is 24.3 Å². The Morgan fingerprint density at radius 3 is 2.38 bits per heavy atom. The highest BCUT2D eigenvalue weighted by atomic mass is 32.2. The molecule has 2 heterocycles. The van der Waals surface area contributed by atoms with Crippen molar-refractivity contribution in [3.63, 3.8) is 0 Å². The molecule has 1 aliphatic heterocycles. The van der Waals surface area contributed by atoms with Crippen LogP contribution in [-0.2, 0) is 21.3 Å². The second-order valence-electron chi connectivity index (χ2n) is 6.31. The summed E-state index contributed by atoms with van der Waals surface area (Å²) in [6.07, 6.45) is 1.47. The van der Waals surface area contributed by atoms with E-state index in [1.165, 1.54) is 6.26 Å². The van der Waals surface area contributed by atoms with Crippen LogP contribution >= 0.6 is 0 Å². The molecule has 6 nitrogen and oxygen atoms in total. The molecule has 0 N–H and O–H groups in total. The van der Waals surface area contributed by atoms with Gasteiger partial charge in [0.2, 0.25) is 5.91 Å². The first-order valence-electron chi connectivity index (χ1n) is 8.54. The molecule has 1 aromatic heterocycles. The topological polar surface area (TPSA) is 70.8 Å². The van der Waals surface area contributed by atoms with Crippen LogP contribution < -0.4 is 0 Å². The van der Waals surface area contributed by atoms with Gasteiger partial charge in [-0.2, -0.15) is 0 Å². The van der Waals surface area contributed by atoms with Crippen LogP contribution in [0.5, 0.6) is 0 Å². The van der Waals surface area contributed by atoms with Gasteiger partial charge in [0.15, 0.2) is 5.76 Å². The van der Waals surface area contributed by atoms with Gasteiger partial charge in [0, 0.05) is 42.7 Å². The molecule has 0 aliphatic carbocycles. The number of piperazine rings is 1. The number of nitrogens with zero attached hydrogens (tertiary/aromatic N) is 2. The van der Waals surface area contributed by atoms with Crippen LogP contribution in [0.3, 0.4) is 0 Å². The highest BCUT2D eigenvalue weighted by Gasteiger charge is 2.26. The third kappa shape index (κ3) is 4.40. The van der Waals surface area contributed by atoms with E-state index in [9.17, 15) is 13.8 Å². The summed E-state index contributed by atoms with van der Waals surface area (Å²) in [4.78, 5) is 28.0. The summed E-state index contributed by atoms with van der Waals surface area (Å²) in [5.74, 6) is 0.423. The number of carbonyl (C=O) groups excluding carboxylic acids is 2. The van der Waals surface area contributed by atoms with E-state index in [4.69, 9.17) is 4.42 Å². The Labute approximate surface area is 155 Å². The lowest BCUT2D eigenvalue weighted by molar-refractivity contribution is -0.129. The third-order valence-corrected chi connectivity index (χ3v) is 5.72. The molecular weight excluding hydrogens is 352 g/mol. The summed E-state index contributed by atoms with van der Waals surface area (Å²) < 4.78 is 17.5. The molecule has 0 bridgehead atoms. The highest BCUT2D eigenvalue weighted by molar-refractivity contribution is 7.84. The molecule has 1 aromatic carbocycles. The minimum absolute atomic E-state index is 0.0143. The minimum atomic E-state index is -1.24. The molecule has 1 aliphatic rings. The normalized spacial score (nSPS) is 15.7. The van der Waals surface area contributed by atoms with Gasteiger partial charge in [0.1, 0.15) is 5.75 Å². The van der Waals surface area contributed by atoms with Crippen molar-refractivity contribution in [2.24, 2.45) is 0 Å². The Hall–Kier alpha value is -2.41. The van der Waals surface area contributed by atoms with Crippen molar-refractivity contribution in [3.05, 3.63) is 59.5 Å². The first-order valence-corrected chi connectivity index (χ1v) is 10.0. The Kier molecular flexibility index (Phi) is 5.88. The Balaban J connectivity index is 1.48. The van der Waals surface area contributed by atoms with Gasteiger partial charge in [0.05, 0.1) is 6.26 Å². The summed E-state index contributed by atoms with van der Waals surface area (Å²) in [5, 5.41) is 0. The second-order valence-corrected chi connectivity index (χ2v) is 7.76. The zero-order chi connectivity index (χ0) is 18.5. The summed E-state index contributed by atoms with van der Waals surface area (Å²) in [7, 11) is -1.24. The van der Waals surface area contributed by atoms with Gasteiger partial charge in [-0.25, -0.2) is 0 Å². The van der Waals surface area contributed by atoms with Crippen molar-refractivity contribution >= 4 is 22.6 Å². The van der Waals surface area contributed by atoms with Gasteiger partial charge in [-0.3, -0.25) is 13.8 Å². The van der Waals surface area contributed by atoms with E-state index in [1.807, 2.05) is 31.2 Å². The van der Waals surface area contributed by atoms with Gasteiger partial charge in [-0.05, 0) is 30.2 Å². The molecule has 138 valence electrons. The predicted molar refractivity (Wildman–Crippen MR) is 99.1 cm³/mol. The molecule has 0 spiro atoms. The fraction of sp³-hybridized carbons (Fsp3) is 0.368. The molecular formula is C19H22N2O4S. The SMILES string of the molecule is Cc1ccccc1C[S@@](=O)CC(=O)N1CCN(C(=O)c2ccco2)CC1. The lowest BCUT2D eigenvalue weighted by atomic mass is 10.1. The molecule has 0 saturated carbocycles. The van der Waals surface area contributed by atoms with Gasteiger partial charge in [-0.15, -0.1) is 0 Å². The molecule has 1 saturated heterocycles. The summed E-state index contributed by atoms with van der Waals surface area (Å²) in [6, 6.07) is 11.1. The quantitative estimate of drug-likeness (QED) is 0.800.